The topological polar surface area (TPSA) is 33.7 Å². The van der Waals surface area contributed by atoms with Crippen LogP contribution >= 0.6 is 0 Å². The molecule has 1 aromatic carbocycles. The van der Waals surface area contributed by atoms with E-state index < -0.39 is 0 Å². The minimum absolute atomic E-state index is 0.112. The number of hydrogen-bond donors (Lipinski definition) is 1. The molecule has 1 fully saturated rings. The van der Waals surface area contributed by atoms with Crippen LogP contribution in [-0.4, -0.2) is 49.9 Å². The molecule has 4 nitrogen and oxygen atoms in total. The predicted molar refractivity (Wildman–Crippen MR) is 88.5 cm³/mol. The molecular formula is C18H28N2O2. The molecule has 2 aliphatic heterocycles. The van der Waals surface area contributed by atoms with E-state index in [2.05, 4.69) is 49.2 Å². The number of aryl methyl sites for hydroxylation is 1. The molecule has 122 valence electrons. The summed E-state index contributed by atoms with van der Waals surface area (Å²) in [6.07, 6.45) is 1.01. The number of nitrogens with zero attached hydrogens (tertiary/aromatic N) is 1. The summed E-state index contributed by atoms with van der Waals surface area (Å²) < 4.78 is 11.5. The van der Waals surface area contributed by atoms with Crippen LogP contribution in [-0.2, 0) is 4.74 Å². The van der Waals surface area contributed by atoms with Gasteiger partial charge in [-0.25, -0.2) is 0 Å². The summed E-state index contributed by atoms with van der Waals surface area (Å²) in [5, 5.41) is 3.75. The highest BCUT2D eigenvalue weighted by Gasteiger charge is 2.33. The van der Waals surface area contributed by atoms with Crippen molar-refractivity contribution in [2.75, 3.05) is 39.4 Å². The van der Waals surface area contributed by atoms with Gasteiger partial charge >= 0.3 is 0 Å². The van der Waals surface area contributed by atoms with Gasteiger partial charge in [0.25, 0.3) is 0 Å². The summed E-state index contributed by atoms with van der Waals surface area (Å²) in [7, 11) is 0. The maximum Gasteiger partial charge on any atom is 0.124 e. The molecule has 1 atom stereocenters. The zero-order chi connectivity index (χ0) is 15.6. The van der Waals surface area contributed by atoms with Crippen molar-refractivity contribution in [2.45, 2.75) is 38.8 Å². The first-order valence-corrected chi connectivity index (χ1v) is 8.37. The molecule has 0 saturated carbocycles. The quantitative estimate of drug-likeness (QED) is 0.927. The number of benzene rings is 1. The third kappa shape index (κ3) is 3.80. The van der Waals surface area contributed by atoms with Crippen molar-refractivity contribution in [3.63, 3.8) is 0 Å². The molecule has 1 saturated heterocycles. The average molecular weight is 304 g/mol. The summed E-state index contributed by atoms with van der Waals surface area (Å²) >= 11 is 0. The van der Waals surface area contributed by atoms with Crippen molar-refractivity contribution in [1.29, 1.82) is 0 Å². The first-order chi connectivity index (χ1) is 10.5. The van der Waals surface area contributed by atoms with Gasteiger partial charge in [-0.2, -0.15) is 0 Å². The van der Waals surface area contributed by atoms with Crippen LogP contribution < -0.4 is 10.1 Å². The highest BCUT2D eigenvalue weighted by atomic mass is 16.5. The van der Waals surface area contributed by atoms with Gasteiger partial charge in [0.2, 0.25) is 0 Å². The maximum atomic E-state index is 6.13. The highest BCUT2D eigenvalue weighted by molar-refractivity contribution is 5.41. The molecule has 1 unspecified atom stereocenters. The fraction of sp³-hybridized carbons (Fsp3) is 0.667. The lowest BCUT2D eigenvalue weighted by Crippen LogP contribution is -2.43. The Labute approximate surface area is 133 Å². The van der Waals surface area contributed by atoms with Crippen LogP contribution in [0.25, 0.3) is 0 Å². The molecule has 2 aliphatic rings. The zero-order valence-corrected chi connectivity index (χ0v) is 14.0. The van der Waals surface area contributed by atoms with Crippen LogP contribution in [0.4, 0.5) is 0 Å². The average Bonchev–Trinajstić information content (AvgIpc) is 2.48. The molecule has 2 heterocycles. The molecule has 4 heteroatoms. The van der Waals surface area contributed by atoms with E-state index in [1.54, 1.807) is 0 Å². The molecule has 22 heavy (non-hydrogen) atoms. The van der Waals surface area contributed by atoms with E-state index in [1.165, 1.54) is 11.1 Å². The fourth-order valence-electron chi connectivity index (χ4n) is 3.38. The normalized spacial score (nSPS) is 24.6. The molecule has 0 bridgehead atoms. The smallest absolute Gasteiger partial charge is 0.124 e. The molecule has 0 amide bonds. The Hall–Kier alpha value is -1.10. The summed E-state index contributed by atoms with van der Waals surface area (Å²) in [5.41, 5.74) is 2.49. The number of rotatable bonds is 4. The number of hydrogen-bond acceptors (Lipinski definition) is 4. The second kappa shape index (κ2) is 6.57. The van der Waals surface area contributed by atoms with Crippen LogP contribution in [0.1, 0.15) is 37.4 Å². The summed E-state index contributed by atoms with van der Waals surface area (Å²) in [5.74, 6) is 1.03. The molecule has 0 aliphatic carbocycles. The summed E-state index contributed by atoms with van der Waals surface area (Å²) in [6.45, 7) is 12.4. The van der Waals surface area contributed by atoms with Gasteiger partial charge < -0.3 is 14.8 Å². The number of morpholine rings is 1. The van der Waals surface area contributed by atoms with Crippen molar-refractivity contribution in [3.05, 3.63) is 29.3 Å². The first-order valence-electron chi connectivity index (χ1n) is 8.37. The van der Waals surface area contributed by atoms with Crippen LogP contribution in [0.15, 0.2) is 18.2 Å². The van der Waals surface area contributed by atoms with Gasteiger partial charge in [0.1, 0.15) is 11.4 Å². The lowest BCUT2D eigenvalue weighted by atomic mass is 9.89. The molecular weight excluding hydrogens is 276 g/mol. The Morgan fingerprint density at radius 3 is 2.82 bits per heavy atom. The minimum Gasteiger partial charge on any atom is -0.487 e. The van der Waals surface area contributed by atoms with Gasteiger partial charge in [-0.1, -0.05) is 17.7 Å². The van der Waals surface area contributed by atoms with Crippen molar-refractivity contribution in [1.82, 2.24) is 10.2 Å². The molecule has 1 N–H and O–H groups in total. The van der Waals surface area contributed by atoms with Crippen molar-refractivity contribution >= 4 is 0 Å². The molecule has 0 aromatic heterocycles. The van der Waals surface area contributed by atoms with E-state index in [1.807, 2.05) is 0 Å². The van der Waals surface area contributed by atoms with E-state index in [-0.39, 0.29) is 5.60 Å². The van der Waals surface area contributed by atoms with E-state index in [0.717, 1.165) is 51.6 Å². The Kier molecular flexibility index (Phi) is 4.71. The maximum absolute atomic E-state index is 6.13. The van der Waals surface area contributed by atoms with Crippen LogP contribution in [0.5, 0.6) is 5.75 Å². The Morgan fingerprint density at radius 2 is 2.05 bits per heavy atom. The zero-order valence-electron chi connectivity index (χ0n) is 14.0. The standard InChI is InChI=1S/C18H28N2O2/c1-14-4-5-17-15(12-14)16(13-18(2,3)22-17)19-6-7-20-8-10-21-11-9-20/h4-5,12,16,19H,6-11,13H2,1-3H3. The van der Waals surface area contributed by atoms with Gasteiger partial charge in [0, 0.05) is 44.2 Å². The molecule has 1 aromatic rings. The second-order valence-electron chi connectivity index (χ2n) is 7.07. The Bertz CT molecular complexity index is 510. The third-order valence-electron chi connectivity index (χ3n) is 4.55. The Morgan fingerprint density at radius 1 is 1.27 bits per heavy atom. The second-order valence-corrected chi connectivity index (χ2v) is 7.07. The van der Waals surface area contributed by atoms with Crippen LogP contribution in [0.2, 0.25) is 0 Å². The summed E-state index contributed by atoms with van der Waals surface area (Å²) in [6, 6.07) is 6.88. The van der Waals surface area contributed by atoms with E-state index in [9.17, 15) is 0 Å². The lowest BCUT2D eigenvalue weighted by Gasteiger charge is -2.38. The van der Waals surface area contributed by atoms with E-state index in [0.29, 0.717) is 6.04 Å². The number of fused-ring (bicyclic) bond motifs is 1. The van der Waals surface area contributed by atoms with Gasteiger partial charge in [0.05, 0.1) is 13.2 Å². The van der Waals surface area contributed by atoms with E-state index in [4.69, 9.17) is 9.47 Å². The van der Waals surface area contributed by atoms with Crippen LogP contribution in [0, 0.1) is 6.92 Å². The largest absolute Gasteiger partial charge is 0.487 e. The lowest BCUT2D eigenvalue weighted by molar-refractivity contribution is 0.0363. The SMILES string of the molecule is Cc1ccc2c(c1)C(NCCN1CCOCC1)CC(C)(C)O2. The third-order valence-corrected chi connectivity index (χ3v) is 4.55. The fourth-order valence-corrected chi connectivity index (χ4v) is 3.38. The van der Waals surface area contributed by atoms with Crippen molar-refractivity contribution < 1.29 is 9.47 Å². The minimum atomic E-state index is -0.112. The van der Waals surface area contributed by atoms with Gasteiger partial charge in [-0.3, -0.25) is 4.90 Å². The van der Waals surface area contributed by atoms with Gasteiger partial charge in [0.15, 0.2) is 0 Å². The highest BCUT2D eigenvalue weighted by Crippen LogP contribution is 2.39. The molecule has 0 spiro atoms. The van der Waals surface area contributed by atoms with Crippen LogP contribution in [0.3, 0.4) is 0 Å². The van der Waals surface area contributed by atoms with Gasteiger partial charge in [-0.05, 0) is 26.8 Å². The number of nitrogens with one attached hydrogen (secondary N) is 1. The summed E-state index contributed by atoms with van der Waals surface area (Å²) in [4.78, 5) is 2.47. The van der Waals surface area contributed by atoms with Crippen molar-refractivity contribution in [2.24, 2.45) is 0 Å². The predicted octanol–water partition coefficient (Wildman–Crippen LogP) is 2.52. The number of ether oxygens (including phenoxy) is 2. The molecule has 0 radical (unpaired) electrons. The van der Waals surface area contributed by atoms with E-state index >= 15 is 0 Å². The first kappa shape index (κ1) is 15.8. The monoisotopic (exact) mass is 304 g/mol. The van der Waals surface area contributed by atoms with Gasteiger partial charge in [-0.15, -0.1) is 0 Å². The molecule has 3 rings (SSSR count). The Balaban J connectivity index is 1.63. The van der Waals surface area contributed by atoms with Crippen molar-refractivity contribution in [3.8, 4) is 5.75 Å².